The zero-order valence-corrected chi connectivity index (χ0v) is 14.4. The molecule has 24 heavy (non-hydrogen) atoms. The fourth-order valence-corrected chi connectivity index (χ4v) is 2.59. The van der Waals surface area contributed by atoms with Crippen molar-refractivity contribution in [1.82, 2.24) is 4.90 Å². The molecule has 0 aliphatic carbocycles. The van der Waals surface area contributed by atoms with Crippen LogP contribution in [0.3, 0.4) is 0 Å². The van der Waals surface area contributed by atoms with Crippen LogP contribution in [0.1, 0.15) is 27.2 Å². The summed E-state index contributed by atoms with van der Waals surface area (Å²) in [4.78, 5) is 25.8. The van der Waals surface area contributed by atoms with E-state index in [0.717, 1.165) is 6.07 Å². The molecule has 1 aromatic carbocycles. The Bertz CT molecular complexity index is 647. The fraction of sp³-hybridized carbons (Fsp3) is 0.500. The number of rotatable bonds is 2. The van der Waals surface area contributed by atoms with Crippen molar-refractivity contribution in [2.45, 2.75) is 44.9 Å². The number of halogens is 2. The van der Waals surface area contributed by atoms with E-state index in [2.05, 4.69) is 5.32 Å². The number of aliphatic hydroxyl groups excluding tert-OH is 1. The molecule has 0 unspecified atom stereocenters. The van der Waals surface area contributed by atoms with Gasteiger partial charge in [0.05, 0.1) is 11.1 Å². The molecule has 0 bridgehead atoms. The third kappa shape index (κ3) is 4.36. The largest absolute Gasteiger partial charge is 0.444 e. The van der Waals surface area contributed by atoms with E-state index < -0.39 is 35.6 Å². The molecule has 0 saturated carbocycles. The van der Waals surface area contributed by atoms with Gasteiger partial charge in [-0.05, 0) is 45.4 Å². The van der Waals surface area contributed by atoms with E-state index in [4.69, 9.17) is 16.3 Å². The number of ether oxygens (including phenoxy) is 1. The summed E-state index contributed by atoms with van der Waals surface area (Å²) in [6.45, 7) is 5.35. The van der Waals surface area contributed by atoms with Gasteiger partial charge in [0, 0.05) is 12.2 Å². The summed E-state index contributed by atoms with van der Waals surface area (Å²) >= 11 is 5.68. The Morgan fingerprint density at radius 2 is 2.08 bits per heavy atom. The van der Waals surface area contributed by atoms with Crippen LogP contribution in [0.2, 0.25) is 5.02 Å². The number of amides is 2. The highest BCUT2D eigenvalue weighted by atomic mass is 35.5. The molecular formula is C16H20ClFN2O4. The summed E-state index contributed by atoms with van der Waals surface area (Å²) in [6, 6.07) is 2.64. The highest BCUT2D eigenvalue weighted by molar-refractivity contribution is 6.31. The number of aliphatic hydroxyl groups is 1. The van der Waals surface area contributed by atoms with Gasteiger partial charge in [0.25, 0.3) is 0 Å². The molecule has 2 atom stereocenters. The highest BCUT2D eigenvalue weighted by Crippen LogP contribution is 2.24. The van der Waals surface area contributed by atoms with Gasteiger partial charge in [-0.15, -0.1) is 0 Å². The fourth-order valence-electron chi connectivity index (χ4n) is 2.41. The lowest BCUT2D eigenvalue weighted by Gasteiger charge is -2.28. The first kappa shape index (κ1) is 18.5. The molecule has 1 fully saturated rings. The standard InChI is InChI=1S/C16H20ClFN2O4/c1-16(2,3)24-15(23)20-7-6-12(21)13(20)14(22)19-9-4-5-11(18)10(17)8-9/h4-5,8,12-13,21H,6-7H2,1-3H3,(H,19,22)/t12-,13-/m0/s1. The topological polar surface area (TPSA) is 78.9 Å². The van der Waals surface area contributed by atoms with Gasteiger partial charge in [-0.1, -0.05) is 11.6 Å². The van der Waals surface area contributed by atoms with Gasteiger partial charge in [0.15, 0.2) is 0 Å². The minimum atomic E-state index is -1.08. The summed E-state index contributed by atoms with van der Waals surface area (Å²) in [6.07, 6.45) is -1.41. The van der Waals surface area contributed by atoms with Crippen molar-refractivity contribution in [2.75, 3.05) is 11.9 Å². The second kappa shape index (κ2) is 6.94. The van der Waals surface area contributed by atoms with Crippen LogP contribution >= 0.6 is 11.6 Å². The second-order valence-corrected chi connectivity index (χ2v) is 7.00. The molecule has 8 heteroatoms. The molecule has 0 radical (unpaired) electrons. The Hall–Kier alpha value is -1.86. The molecule has 1 heterocycles. The van der Waals surface area contributed by atoms with Gasteiger partial charge < -0.3 is 15.2 Å². The van der Waals surface area contributed by atoms with Gasteiger partial charge in [0.1, 0.15) is 17.5 Å². The molecule has 0 aromatic heterocycles. The number of hydrogen-bond acceptors (Lipinski definition) is 4. The van der Waals surface area contributed by atoms with Gasteiger partial charge in [-0.25, -0.2) is 9.18 Å². The lowest BCUT2D eigenvalue weighted by molar-refractivity contribution is -0.122. The summed E-state index contributed by atoms with van der Waals surface area (Å²) in [5.41, 5.74) is -0.439. The Kier molecular flexibility index (Phi) is 5.35. The summed E-state index contributed by atoms with van der Waals surface area (Å²) in [5, 5.41) is 12.5. The highest BCUT2D eigenvalue weighted by Gasteiger charge is 2.42. The minimum absolute atomic E-state index is 0.135. The van der Waals surface area contributed by atoms with Crippen molar-refractivity contribution >= 4 is 29.3 Å². The monoisotopic (exact) mass is 358 g/mol. The SMILES string of the molecule is CC(C)(C)OC(=O)N1CC[C@H](O)[C@H]1C(=O)Nc1ccc(F)c(Cl)c1. The van der Waals surface area contributed by atoms with Crippen LogP contribution in [0, 0.1) is 5.82 Å². The van der Waals surface area contributed by atoms with Crippen molar-refractivity contribution in [3.05, 3.63) is 29.0 Å². The zero-order chi connectivity index (χ0) is 18.1. The van der Waals surface area contributed by atoms with Crippen molar-refractivity contribution in [1.29, 1.82) is 0 Å². The van der Waals surface area contributed by atoms with Crippen molar-refractivity contribution in [2.24, 2.45) is 0 Å². The zero-order valence-electron chi connectivity index (χ0n) is 13.7. The van der Waals surface area contributed by atoms with E-state index in [1.54, 1.807) is 20.8 Å². The lowest BCUT2D eigenvalue weighted by Crippen LogP contribution is -2.49. The van der Waals surface area contributed by atoms with E-state index in [1.807, 2.05) is 0 Å². The maximum Gasteiger partial charge on any atom is 0.411 e. The number of nitrogens with one attached hydrogen (secondary N) is 1. The molecule has 0 spiro atoms. The van der Waals surface area contributed by atoms with Crippen LogP contribution in [0.15, 0.2) is 18.2 Å². The number of nitrogens with zero attached hydrogens (tertiary/aromatic N) is 1. The van der Waals surface area contributed by atoms with Crippen LogP contribution in [0.4, 0.5) is 14.9 Å². The maximum absolute atomic E-state index is 13.2. The van der Waals surface area contributed by atoms with Crippen LogP contribution in [0.5, 0.6) is 0 Å². The number of hydrogen-bond donors (Lipinski definition) is 2. The van der Waals surface area contributed by atoms with Crippen molar-refractivity contribution in [3.8, 4) is 0 Å². The lowest BCUT2D eigenvalue weighted by atomic mass is 10.1. The Balaban J connectivity index is 2.12. The third-order valence-corrected chi connectivity index (χ3v) is 3.74. The smallest absolute Gasteiger partial charge is 0.411 e. The van der Waals surface area contributed by atoms with Crippen molar-refractivity contribution < 1.29 is 23.8 Å². The number of likely N-dealkylation sites (tertiary alicyclic amines) is 1. The Morgan fingerprint density at radius 1 is 1.42 bits per heavy atom. The maximum atomic E-state index is 13.2. The first-order valence-electron chi connectivity index (χ1n) is 7.52. The minimum Gasteiger partial charge on any atom is -0.444 e. The summed E-state index contributed by atoms with van der Waals surface area (Å²) in [7, 11) is 0. The molecular weight excluding hydrogens is 339 g/mol. The van der Waals surface area contributed by atoms with Crippen LogP contribution in [-0.2, 0) is 9.53 Å². The summed E-state index contributed by atoms with van der Waals surface area (Å²) in [5.74, 6) is -1.19. The van der Waals surface area contributed by atoms with Crippen molar-refractivity contribution in [3.63, 3.8) is 0 Å². The average Bonchev–Trinajstić information content (AvgIpc) is 2.83. The predicted octanol–water partition coefficient (Wildman–Crippen LogP) is 2.79. The molecule has 1 aromatic rings. The normalized spacial score (nSPS) is 20.8. The van der Waals surface area contributed by atoms with E-state index >= 15 is 0 Å². The first-order valence-corrected chi connectivity index (χ1v) is 7.90. The second-order valence-electron chi connectivity index (χ2n) is 6.59. The Labute approximate surface area is 144 Å². The number of carbonyl (C=O) groups excluding carboxylic acids is 2. The van der Waals surface area contributed by atoms with E-state index in [-0.39, 0.29) is 23.7 Å². The molecule has 1 aliphatic rings. The first-order chi connectivity index (χ1) is 11.1. The molecule has 132 valence electrons. The number of carbonyl (C=O) groups is 2. The van der Waals surface area contributed by atoms with Gasteiger partial charge in [-0.2, -0.15) is 0 Å². The predicted molar refractivity (Wildman–Crippen MR) is 87.4 cm³/mol. The number of anilines is 1. The molecule has 2 rings (SSSR count). The van der Waals surface area contributed by atoms with Gasteiger partial charge in [-0.3, -0.25) is 9.69 Å². The van der Waals surface area contributed by atoms with Crippen LogP contribution in [0.25, 0.3) is 0 Å². The molecule has 6 nitrogen and oxygen atoms in total. The molecule has 1 saturated heterocycles. The van der Waals surface area contributed by atoms with E-state index in [9.17, 15) is 19.1 Å². The molecule has 1 aliphatic heterocycles. The Morgan fingerprint density at radius 3 is 2.67 bits per heavy atom. The molecule has 2 amide bonds. The van der Waals surface area contributed by atoms with Gasteiger partial charge in [0.2, 0.25) is 5.91 Å². The van der Waals surface area contributed by atoms with E-state index in [1.165, 1.54) is 17.0 Å². The van der Waals surface area contributed by atoms with E-state index in [0.29, 0.717) is 0 Å². The quantitative estimate of drug-likeness (QED) is 0.852. The third-order valence-electron chi connectivity index (χ3n) is 3.45. The number of benzene rings is 1. The molecule has 2 N–H and O–H groups in total. The van der Waals surface area contributed by atoms with Gasteiger partial charge >= 0.3 is 6.09 Å². The van der Waals surface area contributed by atoms with Crippen LogP contribution < -0.4 is 5.32 Å². The van der Waals surface area contributed by atoms with Crippen LogP contribution in [-0.4, -0.2) is 46.3 Å². The summed E-state index contributed by atoms with van der Waals surface area (Å²) < 4.78 is 18.4. The average molecular weight is 359 g/mol.